The maximum atomic E-state index is 10.8. The number of benzene rings is 1. The molecule has 1 heterocycles. The highest BCUT2D eigenvalue weighted by Crippen LogP contribution is 2.31. The van der Waals surface area contributed by atoms with Crippen molar-refractivity contribution in [2.75, 3.05) is 0 Å². The molecule has 21 heavy (non-hydrogen) atoms. The topological polar surface area (TPSA) is 38.1 Å². The first-order chi connectivity index (χ1) is 10.2. The minimum Gasteiger partial charge on any atom is -0.392 e. The van der Waals surface area contributed by atoms with E-state index in [9.17, 15) is 5.11 Å². The van der Waals surface area contributed by atoms with Gasteiger partial charge in [-0.05, 0) is 18.4 Å². The molecular weight excluding hydrogens is 260 g/mol. The van der Waals surface area contributed by atoms with E-state index in [2.05, 4.69) is 42.5 Å². The van der Waals surface area contributed by atoms with Gasteiger partial charge in [0.1, 0.15) is 5.82 Å². The number of aliphatic hydroxyl groups excluding tert-OH is 1. The van der Waals surface area contributed by atoms with Crippen LogP contribution in [-0.4, -0.2) is 20.8 Å². The van der Waals surface area contributed by atoms with Gasteiger partial charge in [-0.1, -0.05) is 50.6 Å². The van der Waals surface area contributed by atoms with E-state index < -0.39 is 6.10 Å². The third-order valence-electron chi connectivity index (χ3n) is 4.39. The highest BCUT2D eigenvalue weighted by Gasteiger charge is 2.27. The van der Waals surface area contributed by atoms with E-state index in [1.165, 1.54) is 5.56 Å². The number of aryl methyl sites for hydroxylation is 1. The second-order valence-corrected chi connectivity index (χ2v) is 5.72. The van der Waals surface area contributed by atoms with Crippen LogP contribution in [0.2, 0.25) is 0 Å². The van der Waals surface area contributed by atoms with Crippen molar-refractivity contribution in [1.29, 1.82) is 0 Å². The summed E-state index contributed by atoms with van der Waals surface area (Å²) in [7, 11) is 0. The van der Waals surface area contributed by atoms with Gasteiger partial charge in [-0.3, -0.25) is 0 Å². The van der Waals surface area contributed by atoms with Crippen LogP contribution in [0.3, 0.4) is 0 Å². The van der Waals surface area contributed by atoms with Gasteiger partial charge in [0.25, 0.3) is 0 Å². The van der Waals surface area contributed by atoms with Crippen LogP contribution in [-0.2, 0) is 13.0 Å². The molecule has 0 bridgehead atoms. The maximum Gasteiger partial charge on any atom is 0.111 e. The van der Waals surface area contributed by atoms with Crippen molar-refractivity contribution in [2.45, 2.75) is 52.2 Å². The van der Waals surface area contributed by atoms with Crippen molar-refractivity contribution in [3.63, 3.8) is 0 Å². The Morgan fingerprint density at radius 2 is 1.90 bits per heavy atom. The van der Waals surface area contributed by atoms with Crippen LogP contribution in [0.5, 0.6) is 0 Å². The standard InChI is InChI=1S/C18H26N2O/c1-4-14(3)18(15-9-7-6-8-10-15)16(21)13-17-19-11-12-20(17)5-2/h6-12,14,16,18,21H,4-5,13H2,1-3H3. The molecule has 114 valence electrons. The molecule has 1 aromatic carbocycles. The van der Waals surface area contributed by atoms with Gasteiger partial charge in [-0.2, -0.15) is 0 Å². The van der Waals surface area contributed by atoms with Gasteiger partial charge in [-0.15, -0.1) is 0 Å². The van der Waals surface area contributed by atoms with Crippen LogP contribution in [0, 0.1) is 5.92 Å². The molecule has 3 atom stereocenters. The number of hydrogen-bond donors (Lipinski definition) is 1. The van der Waals surface area contributed by atoms with Gasteiger partial charge in [0.2, 0.25) is 0 Å². The van der Waals surface area contributed by atoms with Crippen molar-refractivity contribution in [3.8, 4) is 0 Å². The summed E-state index contributed by atoms with van der Waals surface area (Å²) in [5, 5.41) is 10.8. The monoisotopic (exact) mass is 286 g/mol. The second kappa shape index (κ2) is 7.41. The minimum absolute atomic E-state index is 0.151. The smallest absolute Gasteiger partial charge is 0.111 e. The first kappa shape index (κ1) is 15.8. The van der Waals surface area contributed by atoms with E-state index in [0.29, 0.717) is 12.3 Å². The van der Waals surface area contributed by atoms with Crippen LogP contribution >= 0.6 is 0 Å². The zero-order valence-electron chi connectivity index (χ0n) is 13.2. The van der Waals surface area contributed by atoms with Crippen molar-refractivity contribution < 1.29 is 5.11 Å². The molecule has 3 heteroatoms. The Kier molecular flexibility index (Phi) is 5.57. The summed E-state index contributed by atoms with van der Waals surface area (Å²) < 4.78 is 2.10. The molecule has 0 fully saturated rings. The summed E-state index contributed by atoms with van der Waals surface area (Å²) in [6.07, 6.45) is 5.04. The van der Waals surface area contributed by atoms with E-state index in [-0.39, 0.29) is 5.92 Å². The molecule has 0 aliphatic heterocycles. The fraction of sp³-hybridized carbons (Fsp3) is 0.500. The normalized spacial score (nSPS) is 15.6. The van der Waals surface area contributed by atoms with Crippen LogP contribution in [0.1, 0.15) is 44.5 Å². The number of aromatic nitrogens is 2. The number of imidazole rings is 1. The Labute approximate surface area is 127 Å². The molecule has 0 aliphatic rings. The molecule has 2 rings (SSSR count). The molecule has 1 N–H and O–H groups in total. The molecule has 2 aromatic rings. The maximum absolute atomic E-state index is 10.8. The molecule has 0 aliphatic carbocycles. The number of aliphatic hydroxyl groups is 1. The lowest BCUT2D eigenvalue weighted by Gasteiger charge is -2.28. The predicted octanol–water partition coefficient (Wildman–Crippen LogP) is 3.64. The van der Waals surface area contributed by atoms with Gasteiger partial charge in [-0.25, -0.2) is 4.98 Å². The van der Waals surface area contributed by atoms with Gasteiger partial charge >= 0.3 is 0 Å². The predicted molar refractivity (Wildman–Crippen MR) is 86.2 cm³/mol. The third-order valence-corrected chi connectivity index (χ3v) is 4.39. The lowest BCUT2D eigenvalue weighted by molar-refractivity contribution is 0.114. The molecule has 0 amide bonds. The Morgan fingerprint density at radius 1 is 1.19 bits per heavy atom. The van der Waals surface area contributed by atoms with Crippen molar-refractivity contribution >= 4 is 0 Å². The van der Waals surface area contributed by atoms with Crippen molar-refractivity contribution in [2.24, 2.45) is 5.92 Å². The van der Waals surface area contributed by atoms with Crippen LogP contribution in [0.15, 0.2) is 42.7 Å². The average Bonchev–Trinajstić information content (AvgIpc) is 2.95. The number of hydrogen-bond acceptors (Lipinski definition) is 2. The average molecular weight is 286 g/mol. The molecule has 1 aromatic heterocycles. The first-order valence-electron chi connectivity index (χ1n) is 7.90. The van der Waals surface area contributed by atoms with Crippen molar-refractivity contribution in [1.82, 2.24) is 9.55 Å². The van der Waals surface area contributed by atoms with E-state index >= 15 is 0 Å². The Morgan fingerprint density at radius 3 is 2.52 bits per heavy atom. The third kappa shape index (κ3) is 3.73. The quantitative estimate of drug-likeness (QED) is 0.844. The van der Waals surface area contributed by atoms with Gasteiger partial charge in [0.15, 0.2) is 0 Å². The van der Waals surface area contributed by atoms with Gasteiger partial charge < -0.3 is 9.67 Å². The Balaban J connectivity index is 2.21. The van der Waals surface area contributed by atoms with E-state index in [1.807, 2.05) is 30.6 Å². The Bertz CT molecular complexity index is 535. The van der Waals surface area contributed by atoms with Gasteiger partial charge in [0.05, 0.1) is 6.10 Å². The lowest BCUT2D eigenvalue weighted by atomic mass is 9.80. The van der Waals surface area contributed by atoms with E-state index in [1.54, 1.807) is 0 Å². The summed E-state index contributed by atoms with van der Waals surface area (Å²) >= 11 is 0. The second-order valence-electron chi connectivity index (χ2n) is 5.72. The zero-order chi connectivity index (χ0) is 15.2. The summed E-state index contributed by atoms with van der Waals surface area (Å²) in [6, 6.07) is 10.3. The number of nitrogens with zero attached hydrogens (tertiary/aromatic N) is 2. The summed E-state index contributed by atoms with van der Waals surface area (Å²) in [5.41, 5.74) is 1.22. The summed E-state index contributed by atoms with van der Waals surface area (Å²) in [5.74, 6) is 1.56. The molecule has 3 nitrogen and oxygen atoms in total. The van der Waals surface area contributed by atoms with Crippen LogP contribution in [0.25, 0.3) is 0 Å². The SMILES string of the molecule is CCC(C)C(c1ccccc1)C(O)Cc1nccn1CC. The largest absolute Gasteiger partial charge is 0.392 e. The molecule has 0 saturated carbocycles. The highest BCUT2D eigenvalue weighted by atomic mass is 16.3. The zero-order valence-corrected chi connectivity index (χ0v) is 13.2. The molecule has 0 radical (unpaired) electrons. The van der Waals surface area contributed by atoms with Crippen LogP contribution in [0.4, 0.5) is 0 Å². The summed E-state index contributed by atoms with van der Waals surface area (Å²) in [6.45, 7) is 7.38. The minimum atomic E-state index is -0.407. The molecule has 0 saturated heterocycles. The van der Waals surface area contributed by atoms with E-state index in [4.69, 9.17) is 0 Å². The molecule has 0 spiro atoms. The Hall–Kier alpha value is -1.61. The highest BCUT2D eigenvalue weighted by molar-refractivity contribution is 5.22. The lowest BCUT2D eigenvalue weighted by Crippen LogP contribution is -2.27. The van der Waals surface area contributed by atoms with Crippen molar-refractivity contribution in [3.05, 3.63) is 54.1 Å². The van der Waals surface area contributed by atoms with Crippen LogP contribution < -0.4 is 0 Å². The molecular formula is C18H26N2O. The fourth-order valence-electron chi connectivity index (χ4n) is 2.99. The number of rotatable bonds is 7. The van der Waals surface area contributed by atoms with Gasteiger partial charge in [0, 0.05) is 31.3 Å². The molecule has 3 unspecified atom stereocenters. The summed E-state index contributed by atoms with van der Waals surface area (Å²) in [4.78, 5) is 4.39. The van der Waals surface area contributed by atoms with E-state index in [0.717, 1.165) is 18.8 Å². The first-order valence-corrected chi connectivity index (χ1v) is 7.90. The fourth-order valence-corrected chi connectivity index (χ4v) is 2.99.